The zero-order valence-electron chi connectivity index (χ0n) is 8.29. The Kier molecular flexibility index (Phi) is 2.30. The van der Waals surface area contributed by atoms with E-state index in [0.717, 1.165) is 12.1 Å². The van der Waals surface area contributed by atoms with Crippen LogP contribution < -0.4 is 0 Å². The number of hydrogen-bond donors (Lipinski definition) is 1. The van der Waals surface area contributed by atoms with Crippen molar-refractivity contribution < 1.29 is 18.7 Å². The predicted molar refractivity (Wildman–Crippen MR) is 53.4 cm³/mol. The van der Waals surface area contributed by atoms with Gasteiger partial charge in [-0.2, -0.15) is 0 Å². The molecule has 1 N–H and O–H groups in total. The normalized spacial score (nSPS) is 10.7. The molecule has 1 aromatic heterocycles. The third-order valence-corrected chi connectivity index (χ3v) is 2.28. The van der Waals surface area contributed by atoms with E-state index in [1.165, 1.54) is 13.0 Å². The maximum Gasteiger partial charge on any atom is 0.354 e. The maximum atomic E-state index is 13.4. The van der Waals surface area contributed by atoms with Gasteiger partial charge in [-0.05, 0) is 30.7 Å². The topological polar surface area (TPSA) is 50.2 Å². The van der Waals surface area contributed by atoms with Gasteiger partial charge in [-0.3, -0.25) is 0 Å². The van der Waals surface area contributed by atoms with Crippen molar-refractivity contribution in [3.63, 3.8) is 0 Å². The number of aryl methyl sites for hydroxylation is 1. The standard InChI is InChI=1S/C11H7F2NO2/c1-5-4-8(11(15)16)14-10-7(13)3-2-6(12)9(5)10/h2-4H,1H3,(H,15,16). The van der Waals surface area contributed by atoms with E-state index in [4.69, 9.17) is 5.11 Å². The maximum absolute atomic E-state index is 13.4. The molecule has 0 bridgehead atoms. The predicted octanol–water partition coefficient (Wildman–Crippen LogP) is 2.52. The van der Waals surface area contributed by atoms with Gasteiger partial charge in [-0.15, -0.1) is 0 Å². The highest BCUT2D eigenvalue weighted by molar-refractivity contribution is 5.91. The summed E-state index contributed by atoms with van der Waals surface area (Å²) in [5, 5.41) is 8.77. The molecule has 0 aliphatic heterocycles. The number of benzene rings is 1. The van der Waals surface area contributed by atoms with Gasteiger partial charge in [0.2, 0.25) is 0 Å². The SMILES string of the molecule is Cc1cc(C(=O)O)nc2c(F)ccc(F)c12. The van der Waals surface area contributed by atoms with Crippen molar-refractivity contribution in [3.8, 4) is 0 Å². The average molecular weight is 223 g/mol. The minimum absolute atomic E-state index is 0.0185. The summed E-state index contributed by atoms with van der Waals surface area (Å²) in [6.07, 6.45) is 0. The van der Waals surface area contributed by atoms with E-state index in [9.17, 15) is 13.6 Å². The molecule has 16 heavy (non-hydrogen) atoms. The van der Waals surface area contributed by atoms with Crippen LogP contribution in [-0.2, 0) is 0 Å². The minimum atomic E-state index is -1.27. The quantitative estimate of drug-likeness (QED) is 0.808. The Balaban J connectivity index is 2.92. The van der Waals surface area contributed by atoms with Gasteiger partial charge in [-0.25, -0.2) is 18.6 Å². The molecule has 1 heterocycles. The summed E-state index contributed by atoms with van der Waals surface area (Å²) >= 11 is 0. The van der Waals surface area contributed by atoms with E-state index in [-0.39, 0.29) is 16.6 Å². The molecule has 0 aliphatic carbocycles. The summed E-state index contributed by atoms with van der Waals surface area (Å²) in [7, 11) is 0. The number of fused-ring (bicyclic) bond motifs is 1. The highest BCUT2D eigenvalue weighted by Crippen LogP contribution is 2.23. The fraction of sp³-hybridized carbons (Fsp3) is 0.0909. The van der Waals surface area contributed by atoms with Crippen LogP contribution in [0.4, 0.5) is 8.78 Å². The second kappa shape index (κ2) is 3.52. The Morgan fingerprint density at radius 3 is 2.56 bits per heavy atom. The number of carboxylic acid groups (broad SMARTS) is 1. The van der Waals surface area contributed by atoms with E-state index in [1.807, 2.05) is 0 Å². The monoisotopic (exact) mass is 223 g/mol. The van der Waals surface area contributed by atoms with Crippen LogP contribution in [0.5, 0.6) is 0 Å². The zero-order chi connectivity index (χ0) is 11.9. The van der Waals surface area contributed by atoms with Gasteiger partial charge in [0.25, 0.3) is 0 Å². The van der Waals surface area contributed by atoms with Crippen molar-refractivity contribution >= 4 is 16.9 Å². The summed E-state index contributed by atoms with van der Waals surface area (Å²) in [6.45, 7) is 1.51. The Morgan fingerprint density at radius 1 is 1.31 bits per heavy atom. The molecule has 5 heteroatoms. The number of hydrogen-bond acceptors (Lipinski definition) is 2. The Morgan fingerprint density at radius 2 is 1.94 bits per heavy atom. The molecular weight excluding hydrogens is 216 g/mol. The third-order valence-electron chi connectivity index (χ3n) is 2.28. The summed E-state index contributed by atoms with van der Waals surface area (Å²) in [5.74, 6) is -2.62. The lowest BCUT2D eigenvalue weighted by molar-refractivity contribution is 0.0691. The first kappa shape index (κ1) is 10.5. The van der Waals surface area contributed by atoms with Crippen molar-refractivity contribution in [2.45, 2.75) is 6.92 Å². The zero-order valence-corrected chi connectivity index (χ0v) is 8.29. The van der Waals surface area contributed by atoms with Crippen molar-refractivity contribution in [2.24, 2.45) is 0 Å². The third kappa shape index (κ3) is 1.50. The molecule has 0 radical (unpaired) electrons. The van der Waals surface area contributed by atoms with Crippen LogP contribution in [0.25, 0.3) is 10.9 Å². The van der Waals surface area contributed by atoms with Gasteiger partial charge in [0.05, 0.1) is 0 Å². The number of carbonyl (C=O) groups is 1. The Bertz CT molecular complexity index is 596. The van der Waals surface area contributed by atoms with Crippen LogP contribution in [0.2, 0.25) is 0 Å². The lowest BCUT2D eigenvalue weighted by atomic mass is 10.1. The molecule has 0 amide bonds. The molecule has 3 nitrogen and oxygen atoms in total. The van der Waals surface area contributed by atoms with Gasteiger partial charge >= 0.3 is 5.97 Å². The van der Waals surface area contributed by atoms with E-state index >= 15 is 0 Å². The van der Waals surface area contributed by atoms with Gasteiger partial charge < -0.3 is 5.11 Å². The first-order valence-electron chi connectivity index (χ1n) is 4.49. The number of pyridine rings is 1. The first-order valence-corrected chi connectivity index (χ1v) is 4.49. The van der Waals surface area contributed by atoms with E-state index in [0.29, 0.717) is 5.56 Å². The number of aromatic nitrogens is 1. The van der Waals surface area contributed by atoms with Crippen molar-refractivity contribution in [1.29, 1.82) is 0 Å². The van der Waals surface area contributed by atoms with Gasteiger partial charge in [-0.1, -0.05) is 0 Å². The highest BCUT2D eigenvalue weighted by Gasteiger charge is 2.14. The van der Waals surface area contributed by atoms with Crippen LogP contribution in [0, 0.1) is 18.6 Å². The summed E-state index contributed by atoms with van der Waals surface area (Å²) in [4.78, 5) is 14.3. The Labute approximate surface area is 89.3 Å². The second-order valence-electron chi connectivity index (χ2n) is 3.38. The molecule has 0 saturated heterocycles. The molecule has 0 spiro atoms. The Hall–Kier alpha value is -2.04. The van der Waals surface area contributed by atoms with E-state index in [2.05, 4.69) is 4.98 Å². The molecule has 0 atom stereocenters. The van der Waals surface area contributed by atoms with Crippen LogP contribution in [0.15, 0.2) is 18.2 Å². The first-order chi connectivity index (χ1) is 7.50. The lowest BCUT2D eigenvalue weighted by Crippen LogP contribution is -2.03. The van der Waals surface area contributed by atoms with E-state index in [1.54, 1.807) is 0 Å². The number of aromatic carboxylic acids is 1. The second-order valence-corrected chi connectivity index (χ2v) is 3.38. The van der Waals surface area contributed by atoms with Crippen LogP contribution in [-0.4, -0.2) is 16.1 Å². The minimum Gasteiger partial charge on any atom is -0.477 e. The highest BCUT2D eigenvalue weighted by atomic mass is 19.1. The van der Waals surface area contributed by atoms with E-state index < -0.39 is 17.6 Å². The number of carboxylic acids is 1. The van der Waals surface area contributed by atoms with Crippen molar-refractivity contribution in [1.82, 2.24) is 4.98 Å². The van der Waals surface area contributed by atoms with Crippen LogP contribution >= 0.6 is 0 Å². The molecule has 0 aliphatic rings. The fourth-order valence-electron chi connectivity index (χ4n) is 1.57. The number of nitrogens with zero attached hydrogens (tertiary/aromatic N) is 1. The molecule has 0 fully saturated rings. The molecule has 0 saturated carbocycles. The molecule has 2 rings (SSSR count). The molecule has 82 valence electrons. The summed E-state index contributed by atoms with van der Waals surface area (Å²) in [6, 6.07) is 3.13. The fourth-order valence-corrected chi connectivity index (χ4v) is 1.57. The molecule has 2 aromatic rings. The number of halogens is 2. The summed E-state index contributed by atoms with van der Waals surface area (Å²) in [5.41, 5.74) is -0.202. The smallest absolute Gasteiger partial charge is 0.354 e. The average Bonchev–Trinajstić information content (AvgIpc) is 2.22. The molecule has 1 aromatic carbocycles. The van der Waals surface area contributed by atoms with Gasteiger partial charge in [0.15, 0.2) is 0 Å². The van der Waals surface area contributed by atoms with Crippen LogP contribution in [0.1, 0.15) is 16.1 Å². The molecule has 0 unspecified atom stereocenters. The molecular formula is C11H7F2NO2. The largest absolute Gasteiger partial charge is 0.477 e. The van der Waals surface area contributed by atoms with Crippen molar-refractivity contribution in [2.75, 3.05) is 0 Å². The van der Waals surface area contributed by atoms with Gasteiger partial charge in [0, 0.05) is 5.39 Å². The van der Waals surface area contributed by atoms with Crippen molar-refractivity contribution in [3.05, 3.63) is 41.1 Å². The summed E-state index contributed by atoms with van der Waals surface area (Å²) < 4.78 is 26.8. The lowest BCUT2D eigenvalue weighted by Gasteiger charge is -2.05. The van der Waals surface area contributed by atoms with Crippen LogP contribution in [0.3, 0.4) is 0 Å². The number of rotatable bonds is 1. The van der Waals surface area contributed by atoms with Gasteiger partial charge in [0.1, 0.15) is 22.8 Å².